The molecule has 19 heavy (non-hydrogen) atoms. The van der Waals surface area contributed by atoms with Gasteiger partial charge in [-0.15, -0.1) is 0 Å². The quantitative estimate of drug-likeness (QED) is 0.899. The second-order valence-electron chi connectivity index (χ2n) is 4.89. The van der Waals surface area contributed by atoms with E-state index in [0.717, 1.165) is 5.56 Å². The Morgan fingerprint density at radius 1 is 1.37 bits per heavy atom. The maximum Gasteiger partial charge on any atom is 0.129 e. The summed E-state index contributed by atoms with van der Waals surface area (Å²) in [6.07, 6.45) is 5.33. The zero-order valence-electron chi connectivity index (χ0n) is 11.3. The molecule has 1 atom stereocenters. The minimum Gasteiger partial charge on any atom is -0.385 e. The van der Waals surface area contributed by atoms with Gasteiger partial charge in [-0.05, 0) is 30.9 Å². The predicted molar refractivity (Wildman–Crippen MR) is 72.1 cm³/mol. The highest BCUT2D eigenvalue weighted by Crippen LogP contribution is 2.31. The van der Waals surface area contributed by atoms with E-state index in [1.54, 1.807) is 29.1 Å². The van der Waals surface area contributed by atoms with Gasteiger partial charge in [-0.2, -0.15) is 5.10 Å². The molecule has 1 N–H and O–H groups in total. The topological polar surface area (TPSA) is 38.1 Å². The maximum absolute atomic E-state index is 13.8. The van der Waals surface area contributed by atoms with Gasteiger partial charge in [-0.25, -0.2) is 4.39 Å². The highest BCUT2D eigenvalue weighted by molar-refractivity contribution is 5.24. The predicted octanol–water partition coefficient (Wildman–Crippen LogP) is 2.79. The standard InChI is InChI=1S/C15H19FN2O/c1-3-15(19,13-6-4-5-7-14(13)16)9-8-12-10-17-18(2)11-12/h4-7,10-11,19H,3,8-9H2,1-2H3. The van der Waals surface area contributed by atoms with E-state index in [-0.39, 0.29) is 5.82 Å². The van der Waals surface area contributed by atoms with Crippen LogP contribution in [0.3, 0.4) is 0 Å². The molecule has 0 aliphatic heterocycles. The van der Waals surface area contributed by atoms with Crippen molar-refractivity contribution in [3.05, 3.63) is 53.6 Å². The Balaban J connectivity index is 2.16. The number of aryl methyl sites for hydroxylation is 2. The van der Waals surface area contributed by atoms with Crippen molar-refractivity contribution in [2.24, 2.45) is 7.05 Å². The fourth-order valence-corrected chi connectivity index (χ4v) is 2.29. The molecule has 0 aliphatic carbocycles. The van der Waals surface area contributed by atoms with Gasteiger partial charge in [0.05, 0.1) is 11.8 Å². The van der Waals surface area contributed by atoms with E-state index >= 15 is 0 Å². The minimum atomic E-state index is -1.12. The first-order valence-corrected chi connectivity index (χ1v) is 6.50. The van der Waals surface area contributed by atoms with Gasteiger partial charge in [-0.3, -0.25) is 4.68 Å². The van der Waals surface area contributed by atoms with Crippen LogP contribution in [0.1, 0.15) is 30.9 Å². The average Bonchev–Trinajstić information content (AvgIpc) is 2.82. The van der Waals surface area contributed by atoms with Gasteiger partial charge in [0.25, 0.3) is 0 Å². The van der Waals surface area contributed by atoms with Gasteiger partial charge >= 0.3 is 0 Å². The van der Waals surface area contributed by atoms with Crippen molar-refractivity contribution in [2.45, 2.75) is 31.8 Å². The Labute approximate surface area is 112 Å². The molecule has 1 aromatic carbocycles. The molecule has 0 aliphatic rings. The summed E-state index contributed by atoms with van der Waals surface area (Å²) in [6, 6.07) is 6.43. The van der Waals surface area contributed by atoms with Crippen LogP contribution in [0.2, 0.25) is 0 Å². The highest BCUT2D eigenvalue weighted by Gasteiger charge is 2.29. The van der Waals surface area contributed by atoms with Crippen LogP contribution in [-0.2, 0) is 19.1 Å². The van der Waals surface area contributed by atoms with E-state index in [4.69, 9.17) is 0 Å². The summed E-state index contributed by atoms with van der Waals surface area (Å²) < 4.78 is 15.6. The van der Waals surface area contributed by atoms with Gasteiger partial charge in [0.2, 0.25) is 0 Å². The SMILES string of the molecule is CCC(O)(CCc1cnn(C)c1)c1ccccc1F. The van der Waals surface area contributed by atoms with Crippen molar-refractivity contribution < 1.29 is 9.50 Å². The Morgan fingerprint density at radius 3 is 2.68 bits per heavy atom. The number of aromatic nitrogens is 2. The van der Waals surface area contributed by atoms with Gasteiger partial charge in [0, 0.05) is 18.8 Å². The third-order valence-corrected chi connectivity index (χ3v) is 3.55. The van der Waals surface area contributed by atoms with E-state index in [2.05, 4.69) is 5.10 Å². The molecule has 2 rings (SSSR count). The fourth-order valence-electron chi connectivity index (χ4n) is 2.29. The van der Waals surface area contributed by atoms with Crippen LogP contribution in [0.5, 0.6) is 0 Å². The lowest BCUT2D eigenvalue weighted by molar-refractivity contribution is 0.0202. The summed E-state index contributed by atoms with van der Waals surface area (Å²) in [5, 5.41) is 14.8. The zero-order chi connectivity index (χ0) is 13.9. The van der Waals surface area contributed by atoms with Crippen molar-refractivity contribution >= 4 is 0 Å². The molecule has 1 heterocycles. The number of hydrogen-bond acceptors (Lipinski definition) is 2. The molecule has 2 aromatic rings. The second-order valence-corrected chi connectivity index (χ2v) is 4.89. The summed E-state index contributed by atoms with van der Waals surface area (Å²) in [4.78, 5) is 0. The van der Waals surface area contributed by atoms with Crippen LogP contribution in [-0.4, -0.2) is 14.9 Å². The Morgan fingerprint density at radius 2 is 2.11 bits per heavy atom. The summed E-state index contributed by atoms with van der Waals surface area (Å²) >= 11 is 0. The number of nitrogens with zero attached hydrogens (tertiary/aromatic N) is 2. The molecule has 1 aromatic heterocycles. The Kier molecular flexibility index (Phi) is 4.00. The molecular formula is C15H19FN2O. The van der Waals surface area contributed by atoms with Crippen molar-refractivity contribution in [2.75, 3.05) is 0 Å². The van der Waals surface area contributed by atoms with Gasteiger partial charge in [0.1, 0.15) is 5.82 Å². The fraction of sp³-hybridized carbons (Fsp3) is 0.400. The smallest absolute Gasteiger partial charge is 0.129 e. The summed E-state index contributed by atoms with van der Waals surface area (Å²) in [5.41, 5.74) is 0.299. The molecule has 0 amide bonds. The van der Waals surface area contributed by atoms with Crippen LogP contribution in [0.4, 0.5) is 4.39 Å². The first-order chi connectivity index (χ1) is 9.05. The van der Waals surface area contributed by atoms with E-state index < -0.39 is 5.60 Å². The number of rotatable bonds is 5. The Hall–Kier alpha value is -1.68. The number of benzene rings is 1. The molecular weight excluding hydrogens is 243 g/mol. The lowest BCUT2D eigenvalue weighted by Crippen LogP contribution is -2.26. The Bertz CT molecular complexity index is 553. The highest BCUT2D eigenvalue weighted by atomic mass is 19.1. The largest absolute Gasteiger partial charge is 0.385 e. The van der Waals surface area contributed by atoms with Crippen LogP contribution < -0.4 is 0 Å². The molecule has 0 radical (unpaired) electrons. The summed E-state index contributed by atoms with van der Waals surface area (Å²) in [5.74, 6) is -0.349. The lowest BCUT2D eigenvalue weighted by atomic mass is 9.85. The van der Waals surface area contributed by atoms with Gasteiger partial charge in [0.15, 0.2) is 0 Å². The van der Waals surface area contributed by atoms with E-state index in [1.165, 1.54) is 6.07 Å². The monoisotopic (exact) mass is 262 g/mol. The molecule has 0 saturated heterocycles. The third-order valence-electron chi connectivity index (χ3n) is 3.55. The van der Waals surface area contributed by atoms with Crippen LogP contribution in [0.25, 0.3) is 0 Å². The van der Waals surface area contributed by atoms with Crippen LogP contribution in [0, 0.1) is 5.82 Å². The van der Waals surface area contributed by atoms with E-state index in [9.17, 15) is 9.50 Å². The van der Waals surface area contributed by atoms with Crippen LogP contribution in [0.15, 0.2) is 36.7 Å². The van der Waals surface area contributed by atoms with E-state index in [0.29, 0.717) is 24.8 Å². The molecule has 0 saturated carbocycles. The van der Waals surface area contributed by atoms with E-state index in [1.807, 2.05) is 20.2 Å². The summed E-state index contributed by atoms with van der Waals surface area (Å²) in [6.45, 7) is 1.87. The molecule has 4 heteroatoms. The third kappa shape index (κ3) is 3.01. The molecule has 1 unspecified atom stereocenters. The molecule has 0 fully saturated rings. The first-order valence-electron chi connectivity index (χ1n) is 6.50. The molecule has 0 bridgehead atoms. The average molecular weight is 262 g/mol. The zero-order valence-corrected chi connectivity index (χ0v) is 11.3. The molecule has 102 valence electrons. The van der Waals surface area contributed by atoms with Gasteiger partial charge < -0.3 is 5.11 Å². The van der Waals surface area contributed by atoms with Crippen molar-refractivity contribution in [1.82, 2.24) is 9.78 Å². The van der Waals surface area contributed by atoms with Crippen molar-refractivity contribution in [1.29, 1.82) is 0 Å². The number of halogens is 1. The van der Waals surface area contributed by atoms with Crippen LogP contribution >= 0.6 is 0 Å². The number of aliphatic hydroxyl groups is 1. The summed E-state index contributed by atoms with van der Waals surface area (Å²) in [7, 11) is 1.85. The maximum atomic E-state index is 13.8. The second kappa shape index (κ2) is 5.53. The normalized spacial score (nSPS) is 14.3. The first kappa shape index (κ1) is 13.7. The lowest BCUT2D eigenvalue weighted by Gasteiger charge is -2.27. The minimum absolute atomic E-state index is 0.349. The molecule has 3 nitrogen and oxygen atoms in total. The van der Waals surface area contributed by atoms with Crippen molar-refractivity contribution in [3.63, 3.8) is 0 Å². The number of hydrogen-bond donors (Lipinski definition) is 1. The van der Waals surface area contributed by atoms with Gasteiger partial charge in [-0.1, -0.05) is 25.1 Å². The molecule has 0 spiro atoms. The van der Waals surface area contributed by atoms with Crippen molar-refractivity contribution in [3.8, 4) is 0 Å².